The van der Waals surface area contributed by atoms with Crippen LogP contribution in [0.1, 0.15) is 49.7 Å². The number of carbonyl (C=O) groups is 2. The molecule has 2 aliphatic heterocycles. The summed E-state index contributed by atoms with van der Waals surface area (Å²) in [4.78, 5) is 29.9. The Morgan fingerprint density at radius 3 is 1.37 bits per heavy atom. The fourth-order valence-corrected chi connectivity index (χ4v) is 7.35. The molecule has 264 valence electrons. The van der Waals surface area contributed by atoms with Gasteiger partial charge in [-0.3, -0.25) is 9.59 Å². The zero-order chi connectivity index (χ0) is 35.3. The summed E-state index contributed by atoms with van der Waals surface area (Å²) in [5, 5.41) is 19.9. The lowest BCUT2D eigenvalue weighted by Crippen LogP contribution is -2.23. The minimum atomic E-state index is 0.283. The predicted molar refractivity (Wildman–Crippen MR) is 203 cm³/mol. The number of nitrogens with zero attached hydrogens (tertiary/aromatic N) is 8. The molecule has 4 aromatic carbocycles. The van der Waals surface area contributed by atoms with Gasteiger partial charge in [-0.1, -0.05) is 59.0 Å². The van der Waals surface area contributed by atoms with Gasteiger partial charge in [0.25, 0.3) is 0 Å². The number of hydrogen-bond donors (Lipinski definition) is 0. The summed E-state index contributed by atoms with van der Waals surface area (Å²) in [5.74, 6) is 0.565. The van der Waals surface area contributed by atoms with Crippen LogP contribution in [-0.2, 0) is 22.4 Å². The van der Waals surface area contributed by atoms with Crippen molar-refractivity contribution in [3.8, 4) is 33.9 Å². The largest absolute Gasteiger partial charge is 0.303 e. The van der Waals surface area contributed by atoms with Gasteiger partial charge in [-0.25, -0.2) is 9.36 Å². The standard InChI is InChI=1S/C42H44N8O2/c51-39(17-23-47-19-1-2-20-47)25-31-5-13-37(14-6-31)49-29-41(43-45-49)34-11-9-33-10-12-35(28-36(33)27-34)42-30-50(46-44-42)38-15-7-32(8-16-38)26-40(52)18-24-48-21-3-4-22-48/h5-16,27-30H,1-4,17-26H2. The van der Waals surface area contributed by atoms with E-state index >= 15 is 0 Å². The number of likely N-dealkylation sites (tertiary alicyclic amines) is 2. The van der Waals surface area contributed by atoms with Gasteiger partial charge >= 0.3 is 0 Å². The van der Waals surface area contributed by atoms with E-state index in [1.54, 1.807) is 9.36 Å². The van der Waals surface area contributed by atoms with Crippen molar-refractivity contribution in [1.82, 2.24) is 39.8 Å². The van der Waals surface area contributed by atoms with Crippen molar-refractivity contribution in [2.75, 3.05) is 39.3 Å². The molecule has 2 saturated heterocycles. The van der Waals surface area contributed by atoms with Crippen molar-refractivity contribution in [3.63, 3.8) is 0 Å². The number of fused-ring (bicyclic) bond motifs is 1. The zero-order valence-corrected chi connectivity index (χ0v) is 29.5. The number of ketones is 2. The van der Waals surface area contributed by atoms with E-state index in [0.29, 0.717) is 25.7 Å². The fraction of sp³-hybridized carbons (Fsp3) is 0.333. The SMILES string of the molecule is O=C(CCN1CCCC1)Cc1ccc(-n2cc(-c3ccc4ccc(-c5cn(-c6ccc(CC(=O)CCN7CCCC7)cc6)nn5)cc4c3)nn2)cc1. The normalized spacial score (nSPS) is 15.2. The highest BCUT2D eigenvalue weighted by Gasteiger charge is 2.15. The molecule has 10 heteroatoms. The first kappa shape index (κ1) is 33.8. The highest BCUT2D eigenvalue weighted by molar-refractivity contribution is 5.90. The van der Waals surface area contributed by atoms with Gasteiger partial charge in [0.1, 0.15) is 23.0 Å². The second-order valence-electron chi connectivity index (χ2n) is 14.2. The highest BCUT2D eigenvalue weighted by Crippen LogP contribution is 2.28. The maximum Gasteiger partial charge on any atom is 0.138 e. The molecule has 0 aliphatic carbocycles. The van der Waals surface area contributed by atoms with E-state index in [2.05, 4.69) is 66.8 Å². The lowest BCUT2D eigenvalue weighted by atomic mass is 10.0. The topological polar surface area (TPSA) is 102 Å². The third-order valence-corrected chi connectivity index (χ3v) is 10.4. The van der Waals surface area contributed by atoms with E-state index in [4.69, 9.17) is 0 Å². The Labute approximate surface area is 304 Å². The van der Waals surface area contributed by atoms with Crippen molar-refractivity contribution in [3.05, 3.63) is 108 Å². The molecule has 0 amide bonds. The van der Waals surface area contributed by atoms with Crippen LogP contribution in [0.2, 0.25) is 0 Å². The van der Waals surface area contributed by atoms with Crippen molar-refractivity contribution >= 4 is 22.3 Å². The van der Waals surface area contributed by atoms with Crippen LogP contribution in [-0.4, -0.2) is 90.6 Å². The van der Waals surface area contributed by atoms with E-state index in [9.17, 15) is 9.59 Å². The molecule has 0 N–H and O–H groups in total. The van der Waals surface area contributed by atoms with Crippen LogP contribution < -0.4 is 0 Å². The summed E-state index contributed by atoms with van der Waals surface area (Å²) >= 11 is 0. The summed E-state index contributed by atoms with van der Waals surface area (Å²) in [5.41, 5.74) is 7.32. The molecule has 0 unspecified atom stereocenters. The van der Waals surface area contributed by atoms with Gasteiger partial charge in [-0.2, -0.15) is 0 Å². The fourth-order valence-electron chi connectivity index (χ4n) is 7.35. The number of carbonyl (C=O) groups excluding carboxylic acids is 2. The molecular formula is C42H44N8O2. The summed E-state index contributed by atoms with van der Waals surface area (Å²) in [7, 11) is 0. The van der Waals surface area contributed by atoms with Crippen molar-refractivity contribution < 1.29 is 9.59 Å². The molecule has 0 radical (unpaired) electrons. The third-order valence-electron chi connectivity index (χ3n) is 10.4. The smallest absolute Gasteiger partial charge is 0.138 e. The quantitative estimate of drug-likeness (QED) is 0.127. The van der Waals surface area contributed by atoms with Crippen molar-refractivity contribution in [1.29, 1.82) is 0 Å². The Morgan fingerprint density at radius 2 is 0.942 bits per heavy atom. The van der Waals surface area contributed by atoms with Gasteiger partial charge in [0, 0.05) is 49.9 Å². The molecule has 0 spiro atoms. The molecule has 4 heterocycles. The van der Waals surface area contributed by atoms with Crippen LogP contribution in [0.5, 0.6) is 0 Å². The average molecular weight is 693 g/mol. The minimum Gasteiger partial charge on any atom is -0.303 e. The summed E-state index contributed by atoms with van der Waals surface area (Å²) < 4.78 is 3.54. The van der Waals surface area contributed by atoms with Crippen LogP contribution in [0.25, 0.3) is 44.7 Å². The van der Waals surface area contributed by atoms with Crippen LogP contribution in [0.4, 0.5) is 0 Å². The summed E-state index contributed by atoms with van der Waals surface area (Å²) in [6, 6.07) is 28.6. The Balaban J connectivity index is 0.901. The maximum absolute atomic E-state index is 12.5. The Bertz CT molecular complexity index is 2010. The van der Waals surface area contributed by atoms with Crippen LogP contribution in [0.15, 0.2) is 97.3 Å². The number of benzene rings is 4. The van der Waals surface area contributed by atoms with Crippen LogP contribution in [0.3, 0.4) is 0 Å². The van der Waals surface area contributed by atoms with E-state index in [-0.39, 0.29) is 11.6 Å². The molecule has 10 nitrogen and oxygen atoms in total. The van der Waals surface area contributed by atoms with Gasteiger partial charge in [0.2, 0.25) is 0 Å². The van der Waals surface area contributed by atoms with Crippen LogP contribution in [0, 0.1) is 0 Å². The maximum atomic E-state index is 12.5. The number of hydrogen-bond acceptors (Lipinski definition) is 8. The molecule has 0 saturated carbocycles. The molecule has 0 atom stereocenters. The van der Waals surface area contributed by atoms with Crippen molar-refractivity contribution in [2.45, 2.75) is 51.4 Å². The van der Waals surface area contributed by atoms with E-state index in [1.807, 2.05) is 60.9 Å². The molecule has 6 aromatic rings. The first-order valence-corrected chi connectivity index (χ1v) is 18.6. The van der Waals surface area contributed by atoms with Gasteiger partial charge in [0.15, 0.2) is 0 Å². The average Bonchev–Trinajstić information content (AvgIpc) is 4.02. The molecule has 52 heavy (non-hydrogen) atoms. The number of rotatable bonds is 14. The van der Waals surface area contributed by atoms with Gasteiger partial charge in [0.05, 0.1) is 23.8 Å². The predicted octanol–water partition coefficient (Wildman–Crippen LogP) is 6.53. The number of aromatic nitrogens is 6. The van der Waals surface area contributed by atoms with Gasteiger partial charge in [-0.05, 0) is 110 Å². The zero-order valence-electron chi connectivity index (χ0n) is 29.5. The van der Waals surface area contributed by atoms with E-state index < -0.39 is 0 Å². The Kier molecular flexibility index (Phi) is 10.1. The molecular weight excluding hydrogens is 649 g/mol. The lowest BCUT2D eigenvalue weighted by molar-refractivity contribution is -0.119. The highest BCUT2D eigenvalue weighted by atomic mass is 16.1. The lowest BCUT2D eigenvalue weighted by Gasteiger charge is -2.13. The van der Waals surface area contributed by atoms with Crippen LogP contribution >= 0.6 is 0 Å². The van der Waals surface area contributed by atoms with Gasteiger partial charge in [-0.15, -0.1) is 10.2 Å². The second kappa shape index (κ2) is 15.5. The van der Waals surface area contributed by atoms with Crippen molar-refractivity contribution in [2.24, 2.45) is 0 Å². The second-order valence-corrected chi connectivity index (χ2v) is 14.2. The Morgan fingerprint density at radius 1 is 0.519 bits per heavy atom. The molecule has 2 fully saturated rings. The van der Waals surface area contributed by atoms with Gasteiger partial charge < -0.3 is 9.80 Å². The monoisotopic (exact) mass is 692 g/mol. The Hall–Kier alpha value is -5.32. The minimum absolute atomic E-state index is 0.283. The molecule has 2 aliphatic rings. The molecule has 8 rings (SSSR count). The number of Topliss-reactive ketones (excluding diaryl/α,β-unsaturated/α-hetero) is 2. The van der Waals surface area contributed by atoms with E-state index in [1.165, 1.54) is 25.7 Å². The summed E-state index contributed by atoms with van der Waals surface area (Å²) in [6.07, 6.45) is 11.0. The molecule has 2 aromatic heterocycles. The van der Waals surface area contributed by atoms with E-state index in [0.717, 1.165) is 95.1 Å². The first-order chi connectivity index (χ1) is 25.5. The summed E-state index contributed by atoms with van der Waals surface area (Å²) in [6.45, 7) is 6.22. The first-order valence-electron chi connectivity index (χ1n) is 18.6. The third kappa shape index (κ3) is 8.09. The molecule has 0 bridgehead atoms.